The molecule has 4 nitrogen and oxygen atoms in total. The van der Waals surface area contributed by atoms with Crippen molar-refractivity contribution < 1.29 is 9.59 Å². The van der Waals surface area contributed by atoms with Gasteiger partial charge in [-0.25, -0.2) is 0 Å². The van der Waals surface area contributed by atoms with Crippen LogP contribution in [-0.2, 0) is 17.6 Å². The Morgan fingerprint density at radius 2 is 2.00 bits per heavy atom. The van der Waals surface area contributed by atoms with Crippen molar-refractivity contribution in [1.82, 2.24) is 5.32 Å². The molecule has 0 spiro atoms. The molecule has 1 aromatic carbocycles. The van der Waals surface area contributed by atoms with E-state index in [1.165, 1.54) is 22.3 Å². The average Bonchev–Trinajstić information content (AvgIpc) is 2.97. The van der Waals surface area contributed by atoms with Crippen molar-refractivity contribution in [3.05, 3.63) is 58.0 Å². The second-order valence-electron chi connectivity index (χ2n) is 6.37. The highest BCUT2D eigenvalue weighted by Crippen LogP contribution is 2.39. The summed E-state index contributed by atoms with van der Waals surface area (Å²) in [6.07, 6.45) is 6.22. The summed E-state index contributed by atoms with van der Waals surface area (Å²) in [5, 5.41) is 6.25. The Bertz CT molecular complexity index is 809. The van der Waals surface area contributed by atoms with E-state index >= 15 is 0 Å². The number of hydrogen-bond donors (Lipinski definition) is 2. The fraction of sp³-hybridized carbons (Fsp3) is 0.300. The predicted molar refractivity (Wildman–Crippen MR) is 103 cm³/mol. The molecule has 0 unspecified atom stereocenters. The van der Waals surface area contributed by atoms with Gasteiger partial charge < -0.3 is 10.6 Å². The fourth-order valence-corrected chi connectivity index (χ4v) is 4.50. The van der Waals surface area contributed by atoms with Crippen LogP contribution in [-0.4, -0.2) is 18.9 Å². The minimum absolute atomic E-state index is 0.130. The Balaban J connectivity index is 1.83. The first-order chi connectivity index (χ1) is 12.1. The smallest absolute Gasteiger partial charge is 0.254 e. The van der Waals surface area contributed by atoms with Gasteiger partial charge in [0.1, 0.15) is 5.00 Å². The maximum Gasteiger partial charge on any atom is 0.254 e. The van der Waals surface area contributed by atoms with E-state index in [1.54, 1.807) is 13.1 Å². The van der Waals surface area contributed by atoms with Gasteiger partial charge in [-0.3, -0.25) is 9.59 Å². The predicted octanol–water partition coefficient (Wildman–Crippen LogP) is 3.88. The summed E-state index contributed by atoms with van der Waals surface area (Å²) >= 11 is 1.53. The first kappa shape index (κ1) is 17.4. The number of hydrogen-bond acceptors (Lipinski definition) is 3. The lowest BCUT2D eigenvalue weighted by Crippen LogP contribution is -2.22. The summed E-state index contributed by atoms with van der Waals surface area (Å²) in [5.74, 6) is 0.264. The van der Waals surface area contributed by atoms with Gasteiger partial charge in [0, 0.05) is 18.0 Å². The molecule has 1 aliphatic carbocycles. The van der Waals surface area contributed by atoms with Gasteiger partial charge in [0.05, 0.1) is 5.56 Å². The second kappa shape index (κ2) is 7.66. The summed E-state index contributed by atoms with van der Waals surface area (Å²) in [5.41, 5.74) is 2.70. The molecule has 2 N–H and O–H groups in total. The molecule has 0 saturated carbocycles. The second-order valence-corrected chi connectivity index (χ2v) is 7.47. The van der Waals surface area contributed by atoms with E-state index in [9.17, 15) is 9.59 Å². The van der Waals surface area contributed by atoms with Gasteiger partial charge >= 0.3 is 0 Å². The first-order valence-electron chi connectivity index (χ1n) is 8.49. The van der Waals surface area contributed by atoms with Crippen molar-refractivity contribution in [2.75, 3.05) is 12.4 Å². The van der Waals surface area contributed by atoms with Gasteiger partial charge in [-0.15, -0.1) is 11.3 Å². The molecule has 0 aliphatic heterocycles. The minimum Gasteiger partial charge on any atom is -0.355 e. The molecule has 2 amide bonds. The third kappa shape index (κ3) is 3.99. The van der Waals surface area contributed by atoms with E-state index in [4.69, 9.17) is 0 Å². The number of benzene rings is 1. The van der Waals surface area contributed by atoms with Crippen LogP contribution in [0.4, 0.5) is 5.00 Å². The van der Waals surface area contributed by atoms with Crippen LogP contribution in [0.25, 0.3) is 6.08 Å². The lowest BCUT2D eigenvalue weighted by atomic mass is 9.88. The normalized spacial score (nSPS) is 16.5. The van der Waals surface area contributed by atoms with Crippen molar-refractivity contribution >= 4 is 34.2 Å². The quantitative estimate of drug-likeness (QED) is 0.819. The van der Waals surface area contributed by atoms with E-state index in [2.05, 4.69) is 17.6 Å². The van der Waals surface area contributed by atoms with Gasteiger partial charge in [0.15, 0.2) is 0 Å². The summed E-state index contributed by atoms with van der Waals surface area (Å²) < 4.78 is 0. The van der Waals surface area contributed by atoms with Crippen LogP contribution in [0.5, 0.6) is 0 Å². The monoisotopic (exact) mass is 354 g/mol. The number of fused-ring (bicyclic) bond motifs is 1. The Morgan fingerprint density at radius 3 is 2.72 bits per heavy atom. The number of thiophene rings is 1. The summed E-state index contributed by atoms with van der Waals surface area (Å²) in [7, 11) is 1.62. The number of amides is 2. The molecule has 25 heavy (non-hydrogen) atoms. The summed E-state index contributed by atoms with van der Waals surface area (Å²) in [6.45, 7) is 2.23. The van der Waals surface area contributed by atoms with Crippen LogP contribution < -0.4 is 10.6 Å². The molecule has 0 bridgehead atoms. The van der Waals surface area contributed by atoms with Crippen LogP contribution in [0.3, 0.4) is 0 Å². The molecule has 1 aliphatic rings. The van der Waals surface area contributed by atoms with Crippen molar-refractivity contribution in [2.45, 2.75) is 26.2 Å². The summed E-state index contributed by atoms with van der Waals surface area (Å²) in [4.78, 5) is 25.9. The maximum absolute atomic E-state index is 12.3. The highest BCUT2D eigenvalue weighted by atomic mass is 32.1. The third-order valence-electron chi connectivity index (χ3n) is 4.43. The van der Waals surface area contributed by atoms with Crippen LogP contribution >= 0.6 is 11.3 Å². The molecule has 0 saturated heterocycles. The first-order valence-corrected chi connectivity index (χ1v) is 9.31. The van der Waals surface area contributed by atoms with Crippen molar-refractivity contribution in [2.24, 2.45) is 5.92 Å². The number of rotatable bonds is 4. The van der Waals surface area contributed by atoms with E-state index in [-0.39, 0.29) is 11.8 Å². The Hall–Kier alpha value is -2.40. The van der Waals surface area contributed by atoms with Gasteiger partial charge in [0.25, 0.3) is 5.91 Å². The average molecular weight is 354 g/mol. The largest absolute Gasteiger partial charge is 0.355 e. The Kier molecular flexibility index (Phi) is 5.34. The zero-order valence-electron chi connectivity index (χ0n) is 14.5. The van der Waals surface area contributed by atoms with Crippen molar-refractivity contribution in [3.63, 3.8) is 0 Å². The zero-order chi connectivity index (χ0) is 17.8. The Labute approximate surface area is 152 Å². The van der Waals surface area contributed by atoms with Gasteiger partial charge in [-0.2, -0.15) is 0 Å². The molecule has 3 rings (SSSR count). The van der Waals surface area contributed by atoms with Crippen LogP contribution in [0.1, 0.15) is 39.7 Å². The molecule has 0 fully saturated rings. The molecule has 130 valence electrons. The van der Waals surface area contributed by atoms with Gasteiger partial charge in [-0.1, -0.05) is 37.3 Å². The number of nitrogens with one attached hydrogen (secondary N) is 2. The topological polar surface area (TPSA) is 58.2 Å². The van der Waals surface area contributed by atoms with Gasteiger partial charge in [0.2, 0.25) is 5.91 Å². The van der Waals surface area contributed by atoms with Gasteiger partial charge in [-0.05, 0) is 42.4 Å². The standard InChI is InChI=1S/C20H22N2O2S/c1-13-8-10-15-16(12-13)25-20(18(15)19(24)21-2)22-17(23)11-9-14-6-4-3-5-7-14/h3-7,9,11,13H,8,10,12H2,1-2H3,(H,21,24)(H,22,23)/b11-9+/t13-/m1/s1. The SMILES string of the molecule is CNC(=O)c1c(NC(=O)/C=C/c2ccccc2)sc2c1CC[C@@H](C)C2. The molecule has 5 heteroatoms. The van der Waals surface area contributed by atoms with Crippen LogP contribution in [0.15, 0.2) is 36.4 Å². The molecule has 1 heterocycles. The zero-order valence-corrected chi connectivity index (χ0v) is 15.3. The molecule has 2 aromatic rings. The minimum atomic E-state index is -0.222. The van der Waals surface area contributed by atoms with Crippen molar-refractivity contribution in [3.8, 4) is 0 Å². The fourth-order valence-electron chi connectivity index (χ4n) is 3.09. The van der Waals surface area contributed by atoms with E-state index in [1.807, 2.05) is 30.3 Å². The van der Waals surface area contributed by atoms with Crippen molar-refractivity contribution in [1.29, 1.82) is 0 Å². The van der Waals surface area contributed by atoms with E-state index < -0.39 is 0 Å². The third-order valence-corrected chi connectivity index (χ3v) is 5.60. The highest BCUT2D eigenvalue weighted by molar-refractivity contribution is 7.17. The summed E-state index contributed by atoms with van der Waals surface area (Å²) in [6, 6.07) is 9.66. The molecule has 0 radical (unpaired) electrons. The van der Waals surface area contributed by atoms with E-state index in [0.29, 0.717) is 16.5 Å². The van der Waals surface area contributed by atoms with Crippen LogP contribution in [0, 0.1) is 5.92 Å². The molecular weight excluding hydrogens is 332 g/mol. The Morgan fingerprint density at radius 1 is 1.24 bits per heavy atom. The number of carbonyl (C=O) groups excluding carboxylic acids is 2. The highest BCUT2D eigenvalue weighted by Gasteiger charge is 2.27. The lowest BCUT2D eigenvalue weighted by Gasteiger charge is -2.18. The number of carbonyl (C=O) groups is 2. The number of anilines is 1. The molecular formula is C20H22N2O2S. The van der Waals surface area contributed by atoms with Crippen LogP contribution in [0.2, 0.25) is 0 Å². The molecule has 1 aromatic heterocycles. The maximum atomic E-state index is 12.3. The lowest BCUT2D eigenvalue weighted by molar-refractivity contribution is -0.111. The van der Waals surface area contributed by atoms with E-state index in [0.717, 1.165) is 30.4 Å². The molecule has 1 atom stereocenters.